The molecule has 4 aromatic rings. The number of hydrogen-bond donors (Lipinski definition) is 1. The molecule has 0 bridgehead atoms. The third-order valence-corrected chi connectivity index (χ3v) is 10.4. The molecule has 0 aliphatic heterocycles. The molecule has 1 saturated carbocycles. The number of rotatable bonds is 12. The van der Waals surface area contributed by atoms with Crippen molar-refractivity contribution in [2.45, 2.75) is 61.8 Å². The van der Waals surface area contributed by atoms with Gasteiger partial charge >= 0.3 is 6.18 Å². The van der Waals surface area contributed by atoms with Crippen molar-refractivity contribution in [2.24, 2.45) is 0 Å². The van der Waals surface area contributed by atoms with Crippen LogP contribution in [0.25, 0.3) is 0 Å². The van der Waals surface area contributed by atoms with Gasteiger partial charge < -0.3 is 10.2 Å². The number of halogens is 4. The van der Waals surface area contributed by atoms with Crippen LogP contribution in [0.3, 0.4) is 0 Å². The summed E-state index contributed by atoms with van der Waals surface area (Å²) in [5, 5.41) is 3.54. The lowest BCUT2D eigenvalue weighted by Gasteiger charge is -2.34. The van der Waals surface area contributed by atoms with Crippen LogP contribution < -0.4 is 9.62 Å². The normalized spacial score (nSPS) is 14.3. The second kappa shape index (κ2) is 15.3. The first kappa shape index (κ1) is 35.0. The van der Waals surface area contributed by atoms with Gasteiger partial charge in [-0.05, 0) is 66.4 Å². The molecule has 4 aromatic carbocycles. The summed E-state index contributed by atoms with van der Waals surface area (Å²) in [6.45, 7) is -0.957. The first-order valence-corrected chi connectivity index (χ1v) is 17.4. The average Bonchev–Trinajstić information content (AvgIpc) is 3.59. The molecule has 48 heavy (non-hydrogen) atoms. The van der Waals surface area contributed by atoms with Crippen molar-refractivity contribution >= 4 is 39.1 Å². The van der Waals surface area contributed by atoms with Crippen molar-refractivity contribution in [1.29, 1.82) is 0 Å². The lowest BCUT2D eigenvalue weighted by molar-refractivity contribution is -0.140. The van der Waals surface area contributed by atoms with Crippen LogP contribution in [0.5, 0.6) is 0 Å². The van der Waals surface area contributed by atoms with Crippen molar-refractivity contribution in [3.63, 3.8) is 0 Å². The molecule has 5 rings (SSSR count). The Kier molecular flexibility index (Phi) is 11.1. The minimum Gasteiger partial charge on any atom is -0.352 e. The van der Waals surface area contributed by atoms with Gasteiger partial charge in [0.25, 0.3) is 10.0 Å². The van der Waals surface area contributed by atoms with Crippen LogP contribution in [-0.2, 0) is 38.8 Å². The van der Waals surface area contributed by atoms with Gasteiger partial charge in [0.2, 0.25) is 11.8 Å². The summed E-state index contributed by atoms with van der Waals surface area (Å²) in [6.07, 6.45) is -1.12. The van der Waals surface area contributed by atoms with E-state index in [0.717, 1.165) is 43.4 Å². The Labute approximate surface area is 283 Å². The van der Waals surface area contributed by atoms with Crippen LogP contribution in [0.4, 0.5) is 18.9 Å². The molecule has 1 aliphatic rings. The predicted molar refractivity (Wildman–Crippen MR) is 179 cm³/mol. The SMILES string of the molecule is O=C(NC1CCCC1)[C@@H](Cc1ccccc1)N(Cc1ccc(Cl)cc1)C(=O)CN(c1cccc(C(F)(F)F)c1)S(=O)(=O)c1ccccc1. The molecule has 252 valence electrons. The van der Waals surface area contributed by atoms with Gasteiger partial charge in [-0.2, -0.15) is 13.2 Å². The monoisotopic (exact) mass is 697 g/mol. The molecule has 0 radical (unpaired) electrons. The van der Waals surface area contributed by atoms with E-state index in [-0.39, 0.29) is 29.6 Å². The zero-order chi connectivity index (χ0) is 34.3. The van der Waals surface area contributed by atoms with E-state index in [2.05, 4.69) is 5.32 Å². The van der Waals surface area contributed by atoms with Crippen LogP contribution in [0.2, 0.25) is 5.02 Å². The van der Waals surface area contributed by atoms with E-state index >= 15 is 0 Å². The highest BCUT2D eigenvalue weighted by Gasteiger charge is 2.37. The molecule has 1 fully saturated rings. The van der Waals surface area contributed by atoms with Crippen LogP contribution in [0, 0.1) is 0 Å². The number of carbonyl (C=O) groups is 2. The minimum absolute atomic E-state index is 0.0664. The third-order valence-electron chi connectivity index (χ3n) is 8.31. The first-order valence-electron chi connectivity index (χ1n) is 15.5. The Bertz CT molecular complexity index is 1800. The second-order valence-electron chi connectivity index (χ2n) is 11.7. The van der Waals surface area contributed by atoms with Gasteiger partial charge in [0, 0.05) is 24.0 Å². The molecule has 0 aromatic heterocycles. The number of anilines is 1. The number of sulfonamides is 1. The van der Waals surface area contributed by atoms with E-state index in [0.29, 0.717) is 21.0 Å². The fourth-order valence-corrected chi connectivity index (χ4v) is 7.35. The summed E-state index contributed by atoms with van der Waals surface area (Å²) in [5.74, 6) is -1.17. The van der Waals surface area contributed by atoms with Crippen LogP contribution in [-0.4, -0.2) is 43.8 Å². The molecule has 7 nitrogen and oxygen atoms in total. The number of nitrogens with one attached hydrogen (secondary N) is 1. The van der Waals surface area contributed by atoms with Crippen LogP contribution >= 0.6 is 11.6 Å². The zero-order valence-electron chi connectivity index (χ0n) is 25.9. The van der Waals surface area contributed by atoms with Crippen molar-refractivity contribution in [3.8, 4) is 0 Å². The maximum absolute atomic E-state index is 14.5. The lowest BCUT2D eigenvalue weighted by Crippen LogP contribution is -2.54. The van der Waals surface area contributed by atoms with Gasteiger partial charge in [0.05, 0.1) is 16.1 Å². The summed E-state index contributed by atoms with van der Waals surface area (Å²) in [5.41, 5.74) is -0.0271. The van der Waals surface area contributed by atoms with Crippen molar-refractivity contribution in [3.05, 3.63) is 131 Å². The maximum atomic E-state index is 14.5. The molecule has 1 aliphatic carbocycles. The highest BCUT2D eigenvalue weighted by atomic mass is 35.5. The van der Waals surface area contributed by atoms with Gasteiger partial charge in [-0.3, -0.25) is 13.9 Å². The van der Waals surface area contributed by atoms with Gasteiger partial charge in [-0.15, -0.1) is 0 Å². The smallest absolute Gasteiger partial charge is 0.352 e. The largest absolute Gasteiger partial charge is 0.416 e. The minimum atomic E-state index is -4.76. The van der Waals surface area contributed by atoms with E-state index in [1.807, 2.05) is 30.3 Å². The standard InChI is InChI=1S/C36H35ClF3N3O4S/c37-29-20-18-27(19-21-29)24-42(33(22-26-10-3-1-4-11-26)35(45)41-30-13-7-8-14-30)34(44)25-43(48(46,47)32-16-5-2-6-17-32)31-15-9-12-28(23-31)36(38,39)40/h1-6,9-12,15-21,23,30,33H,7-8,13-14,22,24-25H2,(H,41,45)/t33-/m1/s1. The number of benzene rings is 4. The quantitative estimate of drug-likeness (QED) is 0.169. The molecule has 2 amide bonds. The molecule has 1 atom stereocenters. The number of hydrogen-bond acceptors (Lipinski definition) is 4. The molecule has 1 N–H and O–H groups in total. The molecule has 0 heterocycles. The van der Waals surface area contributed by atoms with Crippen LogP contribution in [0.1, 0.15) is 42.4 Å². The van der Waals surface area contributed by atoms with Gasteiger partial charge in [-0.1, -0.05) is 91.2 Å². The van der Waals surface area contributed by atoms with E-state index in [1.54, 1.807) is 30.3 Å². The Morgan fingerprint density at radius 3 is 2.08 bits per heavy atom. The van der Waals surface area contributed by atoms with Crippen molar-refractivity contribution < 1.29 is 31.2 Å². The summed E-state index contributed by atoms with van der Waals surface area (Å²) >= 11 is 6.12. The van der Waals surface area contributed by atoms with E-state index in [4.69, 9.17) is 11.6 Å². The van der Waals surface area contributed by atoms with E-state index in [9.17, 15) is 31.2 Å². The van der Waals surface area contributed by atoms with Gasteiger partial charge in [-0.25, -0.2) is 8.42 Å². The van der Waals surface area contributed by atoms with Crippen molar-refractivity contribution in [1.82, 2.24) is 10.2 Å². The molecular formula is C36H35ClF3N3O4S. The lowest BCUT2D eigenvalue weighted by atomic mass is 10.0. The number of amides is 2. The van der Waals surface area contributed by atoms with Crippen molar-refractivity contribution in [2.75, 3.05) is 10.8 Å². The summed E-state index contributed by atoms with van der Waals surface area (Å²) in [6, 6.07) is 25.6. The Hall–Kier alpha value is -4.35. The topological polar surface area (TPSA) is 86.8 Å². The third kappa shape index (κ3) is 8.76. The molecular weight excluding hydrogens is 663 g/mol. The fourth-order valence-electron chi connectivity index (χ4n) is 5.79. The predicted octanol–water partition coefficient (Wildman–Crippen LogP) is 7.25. The summed E-state index contributed by atoms with van der Waals surface area (Å²) in [4.78, 5) is 29.7. The molecule has 12 heteroatoms. The number of carbonyl (C=O) groups excluding carboxylic acids is 2. The summed E-state index contributed by atoms with van der Waals surface area (Å²) < 4.78 is 70.1. The highest BCUT2D eigenvalue weighted by molar-refractivity contribution is 7.92. The number of alkyl halides is 3. The highest BCUT2D eigenvalue weighted by Crippen LogP contribution is 2.33. The fraction of sp³-hybridized carbons (Fsp3) is 0.278. The molecule has 0 saturated heterocycles. The molecule has 0 unspecified atom stereocenters. The Morgan fingerprint density at radius 1 is 0.833 bits per heavy atom. The molecule has 0 spiro atoms. The Balaban J connectivity index is 1.59. The first-order chi connectivity index (χ1) is 22.9. The van der Waals surface area contributed by atoms with Crippen LogP contribution in [0.15, 0.2) is 114 Å². The maximum Gasteiger partial charge on any atom is 0.416 e. The van der Waals surface area contributed by atoms with E-state index in [1.165, 1.54) is 35.2 Å². The number of nitrogens with zero attached hydrogens (tertiary/aromatic N) is 2. The summed E-state index contributed by atoms with van der Waals surface area (Å²) in [7, 11) is -4.55. The zero-order valence-corrected chi connectivity index (χ0v) is 27.5. The van der Waals surface area contributed by atoms with Gasteiger partial charge in [0.15, 0.2) is 0 Å². The Morgan fingerprint density at radius 2 is 1.46 bits per heavy atom. The average molecular weight is 698 g/mol. The van der Waals surface area contributed by atoms with E-state index < -0.39 is 46.2 Å². The second-order valence-corrected chi connectivity index (χ2v) is 14.0. The van der Waals surface area contributed by atoms with Gasteiger partial charge in [0.1, 0.15) is 12.6 Å².